The van der Waals surface area contributed by atoms with Gasteiger partial charge in [-0.1, -0.05) is 41.4 Å². The van der Waals surface area contributed by atoms with Gasteiger partial charge < -0.3 is 0 Å². The third-order valence-corrected chi connectivity index (χ3v) is 2.93. The van der Waals surface area contributed by atoms with Crippen molar-refractivity contribution in [2.75, 3.05) is 0 Å². The first-order valence-corrected chi connectivity index (χ1v) is 5.68. The van der Waals surface area contributed by atoms with E-state index in [2.05, 4.69) is 6.07 Å². The molecule has 93 valence electrons. The second-order valence-electron chi connectivity index (χ2n) is 3.59. The summed E-state index contributed by atoms with van der Waals surface area (Å²) in [7, 11) is 0. The lowest BCUT2D eigenvalue weighted by atomic mass is 9.99. The molecule has 0 atom stereocenters. The Balaban J connectivity index is 2.70. The molecule has 0 aliphatic carbocycles. The molecule has 2 aromatic carbocycles. The van der Waals surface area contributed by atoms with Gasteiger partial charge in [-0.3, -0.25) is 0 Å². The number of halogens is 5. The largest absolute Gasteiger partial charge is 0.417 e. The van der Waals surface area contributed by atoms with E-state index in [1.54, 1.807) is 6.07 Å². The second kappa shape index (κ2) is 4.82. The fourth-order valence-electron chi connectivity index (χ4n) is 1.61. The Hall–Kier alpha value is -1.19. The number of alkyl halides is 3. The highest BCUT2D eigenvalue weighted by Crippen LogP contribution is 2.40. The molecule has 0 aromatic heterocycles. The fourth-order valence-corrected chi connectivity index (χ4v) is 2.01. The smallest absolute Gasteiger partial charge is 0.166 e. The quantitative estimate of drug-likeness (QED) is 0.652. The highest BCUT2D eigenvalue weighted by atomic mass is 35.5. The Bertz CT molecular complexity index is 577. The van der Waals surface area contributed by atoms with Crippen LogP contribution in [0.4, 0.5) is 13.2 Å². The average molecular weight is 290 g/mol. The van der Waals surface area contributed by atoms with Crippen LogP contribution in [-0.4, -0.2) is 0 Å². The molecule has 18 heavy (non-hydrogen) atoms. The average Bonchev–Trinajstić information content (AvgIpc) is 2.27. The molecule has 0 amide bonds. The van der Waals surface area contributed by atoms with Gasteiger partial charge in [-0.05, 0) is 23.8 Å². The summed E-state index contributed by atoms with van der Waals surface area (Å²) in [5.74, 6) is 0. The van der Waals surface area contributed by atoms with Gasteiger partial charge in [0.05, 0.1) is 10.6 Å². The van der Waals surface area contributed by atoms with Crippen molar-refractivity contribution in [3.05, 3.63) is 58.1 Å². The van der Waals surface area contributed by atoms with Crippen LogP contribution < -0.4 is 0 Å². The van der Waals surface area contributed by atoms with Crippen LogP contribution in [0.5, 0.6) is 0 Å². The van der Waals surface area contributed by atoms with E-state index in [1.807, 2.05) is 0 Å². The normalized spacial score (nSPS) is 11.6. The minimum Gasteiger partial charge on any atom is -0.166 e. The predicted octanol–water partition coefficient (Wildman–Crippen LogP) is 5.48. The molecule has 0 bridgehead atoms. The fraction of sp³-hybridized carbons (Fsp3) is 0.0769. The Morgan fingerprint density at radius 3 is 2.33 bits per heavy atom. The summed E-state index contributed by atoms with van der Waals surface area (Å²) in [6, 6.07) is 10.7. The van der Waals surface area contributed by atoms with E-state index in [4.69, 9.17) is 23.2 Å². The Labute approximate surface area is 112 Å². The Morgan fingerprint density at radius 1 is 1.00 bits per heavy atom. The van der Waals surface area contributed by atoms with Crippen LogP contribution in [0.1, 0.15) is 5.56 Å². The maximum atomic E-state index is 12.9. The first kappa shape index (κ1) is 13.2. The zero-order chi connectivity index (χ0) is 13.3. The third-order valence-electron chi connectivity index (χ3n) is 2.38. The van der Waals surface area contributed by atoms with Gasteiger partial charge in [-0.25, -0.2) is 0 Å². The molecule has 0 saturated heterocycles. The van der Waals surface area contributed by atoms with E-state index in [0.717, 1.165) is 6.07 Å². The van der Waals surface area contributed by atoms with Crippen LogP contribution in [0.15, 0.2) is 36.4 Å². The molecule has 1 radical (unpaired) electrons. The van der Waals surface area contributed by atoms with E-state index in [9.17, 15) is 13.2 Å². The molecule has 0 fully saturated rings. The number of rotatable bonds is 1. The van der Waals surface area contributed by atoms with Crippen LogP contribution in [0.2, 0.25) is 10.0 Å². The standard InChI is InChI=1S/C13H6Cl2F3/c14-8-5-6-11(13(16,17)18)10(7-8)9-3-1-2-4-12(9)15/h1-3,5-7H. The molecule has 2 aromatic rings. The third kappa shape index (κ3) is 2.62. The van der Waals surface area contributed by atoms with Gasteiger partial charge in [-0.15, -0.1) is 0 Å². The molecule has 0 unspecified atom stereocenters. The van der Waals surface area contributed by atoms with Crippen molar-refractivity contribution in [2.24, 2.45) is 0 Å². The highest BCUT2D eigenvalue weighted by molar-refractivity contribution is 6.33. The Kier molecular flexibility index (Phi) is 3.55. The van der Waals surface area contributed by atoms with Gasteiger partial charge in [0.2, 0.25) is 0 Å². The molecule has 0 saturated carbocycles. The van der Waals surface area contributed by atoms with Gasteiger partial charge in [0, 0.05) is 16.7 Å². The number of benzene rings is 2. The summed E-state index contributed by atoms with van der Waals surface area (Å²) in [5.41, 5.74) is -0.556. The lowest BCUT2D eigenvalue weighted by molar-refractivity contribution is -0.137. The van der Waals surface area contributed by atoms with E-state index in [0.29, 0.717) is 0 Å². The first-order valence-electron chi connectivity index (χ1n) is 4.93. The summed E-state index contributed by atoms with van der Waals surface area (Å²) in [4.78, 5) is 0. The van der Waals surface area contributed by atoms with E-state index in [1.165, 1.54) is 24.3 Å². The van der Waals surface area contributed by atoms with E-state index >= 15 is 0 Å². The van der Waals surface area contributed by atoms with Crippen molar-refractivity contribution in [1.82, 2.24) is 0 Å². The molecule has 5 heteroatoms. The molecule has 0 heterocycles. The highest BCUT2D eigenvalue weighted by Gasteiger charge is 2.34. The molecule has 0 spiro atoms. The van der Waals surface area contributed by atoms with Crippen LogP contribution in [-0.2, 0) is 6.18 Å². The van der Waals surface area contributed by atoms with Crippen LogP contribution in [0, 0.1) is 6.07 Å². The molecular formula is C13H6Cl2F3. The van der Waals surface area contributed by atoms with Crippen LogP contribution in [0.25, 0.3) is 11.1 Å². The summed E-state index contributed by atoms with van der Waals surface area (Å²) >= 11 is 11.6. The minimum atomic E-state index is -4.46. The molecule has 0 nitrogen and oxygen atoms in total. The van der Waals surface area contributed by atoms with Crippen molar-refractivity contribution in [2.45, 2.75) is 6.18 Å². The van der Waals surface area contributed by atoms with Gasteiger partial charge in [0.1, 0.15) is 0 Å². The maximum absolute atomic E-state index is 12.9. The summed E-state index contributed by atoms with van der Waals surface area (Å²) in [5, 5.41) is 0.350. The SMILES string of the molecule is FC(F)(F)c1ccc(Cl)cc1-c1ccc[c]c1Cl. The molecule has 0 aliphatic rings. The van der Waals surface area contributed by atoms with Crippen molar-refractivity contribution < 1.29 is 13.2 Å². The monoisotopic (exact) mass is 289 g/mol. The molecular weight excluding hydrogens is 284 g/mol. The van der Waals surface area contributed by atoms with E-state index in [-0.39, 0.29) is 21.2 Å². The van der Waals surface area contributed by atoms with Gasteiger partial charge in [-0.2, -0.15) is 13.2 Å². The van der Waals surface area contributed by atoms with Gasteiger partial charge in [0.15, 0.2) is 0 Å². The van der Waals surface area contributed by atoms with Crippen LogP contribution in [0.3, 0.4) is 0 Å². The number of hydrogen-bond donors (Lipinski definition) is 0. The lowest BCUT2D eigenvalue weighted by Gasteiger charge is -2.14. The van der Waals surface area contributed by atoms with Crippen LogP contribution >= 0.6 is 23.2 Å². The Morgan fingerprint density at radius 2 is 1.72 bits per heavy atom. The van der Waals surface area contributed by atoms with Gasteiger partial charge in [0.25, 0.3) is 0 Å². The summed E-state index contributed by atoms with van der Waals surface area (Å²) in [6.45, 7) is 0. The number of hydrogen-bond acceptors (Lipinski definition) is 0. The molecule has 2 rings (SSSR count). The second-order valence-corrected chi connectivity index (χ2v) is 4.40. The maximum Gasteiger partial charge on any atom is 0.417 e. The lowest BCUT2D eigenvalue weighted by Crippen LogP contribution is -2.07. The zero-order valence-corrected chi connectivity index (χ0v) is 10.4. The zero-order valence-electron chi connectivity index (χ0n) is 8.85. The van der Waals surface area contributed by atoms with E-state index < -0.39 is 11.7 Å². The summed E-state index contributed by atoms with van der Waals surface area (Å²) in [6.07, 6.45) is -4.46. The topological polar surface area (TPSA) is 0 Å². The van der Waals surface area contributed by atoms with Crippen molar-refractivity contribution in [3.63, 3.8) is 0 Å². The first-order chi connectivity index (χ1) is 8.39. The molecule has 0 N–H and O–H groups in total. The van der Waals surface area contributed by atoms with Crippen molar-refractivity contribution >= 4 is 23.2 Å². The van der Waals surface area contributed by atoms with Crippen molar-refractivity contribution in [3.8, 4) is 11.1 Å². The minimum absolute atomic E-state index is 0.0446. The summed E-state index contributed by atoms with van der Waals surface area (Å²) < 4.78 is 38.7. The van der Waals surface area contributed by atoms with Gasteiger partial charge >= 0.3 is 6.18 Å². The molecule has 0 aliphatic heterocycles. The predicted molar refractivity (Wildman–Crippen MR) is 65.7 cm³/mol. The van der Waals surface area contributed by atoms with Crippen molar-refractivity contribution in [1.29, 1.82) is 0 Å².